The Labute approximate surface area is 204 Å². The number of fused-ring (bicyclic) bond motifs is 1. The number of hydrogen-bond donors (Lipinski definition) is 2. The van der Waals surface area contributed by atoms with Crippen LogP contribution in [0.15, 0.2) is 66.9 Å². The molecular formula is C28H26ClN3O2. The Morgan fingerprint density at radius 2 is 1.76 bits per heavy atom. The number of halogens is 1. The summed E-state index contributed by atoms with van der Waals surface area (Å²) in [6.07, 6.45) is 3.56. The molecule has 0 aliphatic heterocycles. The molecule has 5 nitrogen and oxygen atoms in total. The predicted molar refractivity (Wildman–Crippen MR) is 138 cm³/mol. The maximum Gasteiger partial charge on any atom is 0.169 e. The number of pyridine rings is 1. The molecule has 1 aliphatic rings. The standard InChI is InChI=1S/C28H26ClN3O2/c1-32(2)16-17-3-9-21(10-4-17)31-27-22-13-19(20-8-12-26(33)24(29)14-20)7-11-25(22)30-15-23(27)28(34)18-5-6-18/h3-4,7-15,18,33H,5-6,16H2,1-2H3,(H,30,31). The Hall–Kier alpha value is -3.41. The van der Waals surface area contributed by atoms with Gasteiger partial charge in [-0.3, -0.25) is 9.78 Å². The van der Waals surface area contributed by atoms with Gasteiger partial charge in [0.2, 0.25) is 0 Å². The van der Waals surface area contributed by atoms with E-state index in [1.165, 1.54) is 5.56 Å². The first-order valence-corrected chi connectivity index (χ1v) is 11.7. The van der Waals surface area contributed by atoms with Crippen LogP contribution in [0.25, 0.3) is 22.0 Å². The van der Waals surface area contributed by atoms with Crippen molar-refractivity contribution in [3.8, 4) is 16.9 Å². The maximum atomic E-state index is 13.1. The summed E-state index contributed by atoms with van der Waals surface area (Å²) >= 11 is 6.15. The fourth-order valence-corrected chi connectivity index (χ4v) is 4.33. The number of phenols is 1. The summed E-state index contributed by atoms with van der Waals surface area (Å²) in [6, 6.07) is 19.4. The van der Waals surface area contributed by atoms with Gasteiger partial charge in [-0.15, -0.1) is 0 Å². The predicted octanol–water partition coefficient (Wildman–Crippen LogP) is 6.66. The van der Waals surface area contributed by atoms with Crippen molar-refractivity contribution in [2.45, 2.75) is 19.4 Å². The molecule has 3 aromatic carbocycles. The lowest BCUT2D eigenvalue weighted by atomic mass is 9.99. The molecule has 0 bridgehead atoms. The van der Waals surface area contributed by atoms with Crippen LogP contribution in [0.1, 0.15) is 28.8 Å². The number of nitrogens with one attached hydrogen (secondary N) is 1. The van der Waals surface area contributed by atoms with Gasteiger partial charge in [-0.1, -0.05) is 35.9 Å². The zero-order valence-electron chi connectivity index (χ0n) is 19.2. The molecule has 0 amide bonds. The molecule has 6 heteroatoms. The highest BCUT2D eigenvalue weighted by atomic mass is 35.5. The van der Waals surface area contributed by atoms with Crippen molar-refractivity contribution >= 4 is 39.7 Å². The first-order chi connectivity index (χ1) is 16.4. The smallest absolute Gasteiger partial charge is 0.169 e. The van der Waals surface area contributed by atoms with E-state index in [0.717, 1.165) is 52.8 Å². The molecule has 0 spiro atoms. The molecule has 0 atom stereocenters. The zero-order valence-corrected chi connectivity index (χ0v) is 19.9. The van der Waals surface area contributed by atoms with Gasteiger partial charge < -0.3 is 15.3 Å². The fraction of sp³-hybridized carbons (Fsp3) is 0.214. The van der Waals surface area contributed by atoms with Crippen molar-refractivity contribution in [1.82, 2.24) is 9.88 Å². The maximum absolute atomic E-state index is 13.1. The zero-order chi connectivity index (χ0) is 23.8. The van der Waals surface area contributed by atoms with Gasteiger partial charge in [-0.05, 0) is 80.0 Å². The minimum Gasteiger partial charge on any atom is -0.506 e. The Balaban J connectivity index is 1.60. The molecule has 1 aromatic heterocycles. The minimum atomic E-state index is 0.0465. The lowest BCUT2D eigenvalue weighted by Gasteiger charge is -2.16. The molecular weight excluding hydrogens is 446 g/mol. The first kappa shape index (κ1) is 22.4. The summed E-state index contributed by atoms with van der Waals surface area (Å²) in [5.74, 6) is 0.269. The summed E-state index contributed by atoms with van der Waals surface area (Å²) in [6.45, 7) is 0.864. The molecule has 5 rings (SSSR count). The van der Waals surface area contributed by atoms with Crippen LogP contribution in [0.3, 0.4) is 0 Å². The number of nitrogens with zero attached hydrogens (tertiary/aromatic N) is 2. The van der Waals surface area contributed by atoms with Gasteiger partial charge in [0.25, 0.3) is 0 Å². The van der Waals surface area contributed by atoms with Crippen molar-refractivity contribution in [2.24, 2.45) is 5.92 Å². The van der Waals surface area contributed by atoms with E-state index in [0.29, 0.717) is 10.6 Å². The minimum absolute atomic E-state index is 0.0465. The van der Waals surface area contributed by atoms with Gasteiger partial charge in [-0.2, -0.15) is 0 Å². The van der Waals surface area contributed by atoms with E-state index in [9.17, 15) is 9.90 Å². The number of carbonyl (C=O) groups is 1. The molecule has 2 N–H and O–H groups in total. The molecule has 1 heterocycles. The van der Waals surface area contributed by atoms with E-state index in [2.05, 4.69) is 27.3 Å². The van der Waals surface area contributed by atoms with Crippen LogP contribution in [0.2, 0.25) is 5.02 Å². The molecule has 0 radical (unpaired) electrons. The quantitative estimate of drug-likeness (QED) is 0.295. The summed E-state index contributed by atoms with van der Waals surface area (Å²) < 4.78 is 0. The Kier molecular flexibility index (Phi) is 5.98. The van der Waals surface area contributed by atoms with E-state index in [1.807, 2.05) is 50.5 Å². The number of carbonyl (C=O) groups excluding carboxylic acids is 1. The third kappa shape index (κ3) is 4.63. The Bertz CT molecular complexity index is 1380. The van der Waals surface area contributed by atoms with Gasteiger partial charge in [-0.25, -0.2) is 0 Å². The topological polar surface area (TPSA) is 65.5 Å². The molecule has 4 aromatic rings. The number of aromatic hydroxyl groups is 1. The van der Waals surface area contributed by atoms with Crippen LogP contribution >= 0.6 is 11.6 Å². The van der Waals surface area contributed by atoms with Crippen LogP contribution in [-0.2, 0) is 6.54 Å². The molecule has 1 aliphatic carbocycles. The fourth-order valence-electron chi connectivity index (χ4n) is 4.15. The van der Waals surface area contributed by atoms with Crippen molar-refractivity contribution in [2.75, 3.05) is 19.4 Å². The number of hydrogen-bond acceptors (Lipinski definition) is 5. The van der Waals surface area contributed by atoms with Gasteiger partial charge in [0.05, 0.1) is 21.8 Å². The number of Topliss-reactive ketones (excluding diaryl/α,β-unsaturated/α-hetero) is 1. The van der Waals surface area contributed by atoms with E-state index < -0.39 is 0 Å². The summed E-state index contributed by atoms with van der Waals surface area (Å²) in [7, 11) is 4.09. The van der Waals surface area contributed by atoms with Crippen LogP contribution in [-0.4, -0.2) is 34.9 Å². The highest BCUT2D eigenvalue weighted by Gasteiger charge is 2.32. The second kappa shape index (κ2) is 9.09. The van der Waals surface area contributed by atoms with Crippen LogP contribution in [0.4, 0.5) is 11.4 Å². The normalized spacial score (nSPS) is 13.4. The van der Waals surface area contributed by atoms with Crippen molar-refractivity contribution in [3.05, 3.63) is 83.0 Å². The highest BCUT2D eigenvalue weighted by Crippen LogP contribution is 2.39. The average molecular weight is 472 g/mol. The third-order valence-corrected chi connectivity index (χ3v) is 6.39. The number of phenolic OH excluding ortho intramolecular Hbond substituents is 1. The molecule has 0 saturated heterocycles. The van der Waals surface area contributed by atoms with E-state index in [-0.39, 0.29) is 17.5 Å². The lowest BCUT2D eigenvalue weighted by Crippen LogP contribution is -2.10. The van der Waals surface area contributed by atoms with E-state index in [1.54, 1.807) is 18.3 Å². The molecule has 34 heavy (non-hydrogen) atoms. The lowest BCUT2D eigenvalue weighted by molar-refractivity contribution is 0.0968. The number of ketones is 1. The number of rotatable bonds is 7. The molecule has 0 unspecified atom stereocenters. The van der Waals surface area contributed by atoms with Crippen molar-refractivity contribution < 1.29 is 9.90 Å². The van der Waals surface area contributed by atoms with Gasteiger partial charge >= 0.3 is 0 Å². The van der Waals surface area contributed by atoms with E-state index >= 15 is 0 Å². The number of benzene rings is 3. The van der Waals surface area contributed by atoms with Crippen LogP contribution in [0.5, 0.6) is 5.75 Å². The van der Waals surface area contributed by atoms with Crippen molar-refractivity contribution in [1.29, 1.82) is 0 Å². The van der Waals surface area contributed by atoms with Gasteiger partial charge in [0.1, 0.15) is 5.75 Å². The molecule has 1 fully saturated rings. The van der Waals surface area contributed by atoms with E-state index in [4.69, 9.17) is 11.6 Å². The van der Waals surface area contributed by atoms with Crippen molar-refractivity contribution in [3.63, 3.8) is 0 Å². The first-order valence-electron chi connectivity index (χ1n) is 11.4. The second-order valence-electron chi connectivity index (χ2n) is 9.14. The molecule has 1 saturated carbocycles. The summed E-state index contributed by atoms with van der Waals surface area (Å²) in [5, 5.41) is 14.5. The Morgan fingerprint density at radius 1 is 1.06 bits per heavy atom. The average Bonchev–Trinajstić information content (AvgIpc) is 3.67. The van der Waals surface area contributed by atoms with Crippen LogP contribution in [0, 0.1) is 5.92 Å². The summed E-state index contributed by atoms with van der Waals surface area (Å²) in [5.41, 5.74) is 6.13. The Morgan fingerprint density at radius 3 is 2.44 bits per heavy atom. The van der Waals surface area contributed by atoms with Gasteiger partial charge in [0, 0.05) is 29.7 Å². The van der Waals surface area contributed by atoms with Gasteiger partial charge in [0.15, 0.2) is 5.78 Å². The summed E-state index contributed by atoms with van der Waals surface area (Å²) in [4.78, 5) is 19.9. The largest absolute Gasteiger partial charge is 0.506 e. The highest BCUT2D eigenvalue weighted by molar-refractivity contribution is 6.32. The monoisotopic (exact) mass is 471 g/mol. The number of anilines is 2. The molecule has 172 valence electrons. The van der Waals surface area contributed by atoms with Crippen LogP contribution < -0.4 is 5.32 Å². The second-order valence-corrected chi connectivity index (χ2v) is 9.55. The number of aromatic nitrogens is 1. The third-order valence-electron chi connectivity index (χ3n) is 6.08. The SMILES string of the molecule is CN(C)Cc1ccc(Nc2c(C(=O)C3CC3)cnc3ccc(-c4ccc(O)c(Cl)c4)cc23)cc1.